The van der Waals surface area contributed by atoms with Gasteiger partial charge in [-0.1, -0.05) is 31.4 Å². The zero-order valence-electron chi connectivity index (χ0n) is 15.6. The highest BCUT2D eigenvalue weighted by atomic mass is 16.5. The Kier molecular flexibility index (Phi) is 4.63. The van der Waals surface area contributed by atoms with E-state index in [-0.39, 0.29) is 29.9 Å². The number of carbonyl (C=O) groups excluding carboxylic acids is 2. The van der Waals surface area contributed by atoms with E-state index in [2.05, 4.69) is 0 Å². The summed E-state index contributed by atoms with van der Waals surface area (Å²) in [6.45, 7) is 4.27. The van der Waals surface area contributed by atoms with E-state index in [1.54, 1.807) is 9.80 Å². The van der Waals surface area contributed by atoms with Crippen molar-refractivity contribution < 1.29 is 14.3 Å². The average Bonchev–Trinajstić information content (AvgIpc) is 2.86. The molecule has 1 spiro atoms. The molecule has 2 saturated heterocycles. The van der Waals surface area contributed by atoms with Gasteiger partial charge in [0.2, 0.25) is 11.8 Å². The van der Waals surface area contributed by atoms with Crippen LogP contribution >= 0.6 is 0 Å². The van der Waals surface area contributed by atoms with Crippen LogP contribution in [0.25, 0.3) is 0 Å². The van der Waals surface area contributed by atoms with E-state index in [0.717, 1.165) is 25.1 Å². The molecule has 1 aromatic carbocycles. The maximum absolute atomic E-state index is 12.5. The molecule has 26 heavy (non-hydrogen) atoms. The molecule has 1 saturated carbocycles. The van der Waals surface area contributed by atoms with E-state index in [1.165, 1.54) is 24.8 Å². The fraction of sp³-hybridized carbons (Fsp3) is 0.619. The molecule has 0 aromatic heterocycles. The first-order valence-electron chi connectivity index (χ1n) is 9.82. The van der Waals surface area contributed by atoms with Crippen LogP contribution in [0.3, 0.4) is 0 Å². The Bertz CT molecular complexity index is 690. The van der Waals surface area contributed by atoms with E-state index < -0.39 is 0 Å². The summed E-state index contributed by atoms with van der Waals surface area (Å²) in [7, 11) is 0. The van der Waals surface area contributed by atoms with Crippen LogP contribution < -0.4 is 4.74 Å². The van der Waals surface area contributed by atoms with E-state index in [4.69, 9.17) is 4.74 Å². The molecule has 5 nitrogen and oxygen atoms in total. The Morgan fingerprint density at radius 3 is 2.73 bits per heavy atom. The SMILES string of the molecule is Cc1cccc(OC2CN(C(=O)CN3CC4(CCCCC4)CC3=O)C2)c1. The molecule has 5 heteroatoms. The summed E-state index contributed by atoms with van der Waals surface area (Å²) in [6.07, 6.45) is 6.70. The Hall–Kier alpha value is -2.04. The van der Waals surface area contributed by atoms with Crippen LogP contribution in [-0.4, -0.2) is 53.9 Å². The minimum atomic E-state index is 0.0512. The lowest BCUT2D eigenvalue weighted by Crippen LogP contribution is -2.58. The molecule has 1 aliphatic carbocycles. The summed E-state index contributed by atoms with van der Waals surface area (Å²) in [5.41, 5.74) is 1.32. The molecule has 0 radical (unpaired) electrons. The summed E-state index contributed by atoms with van der Waals surface area (Å²) in [5.74, 6) is 1.07. The number of rotatable bonds is 4. The number of aryl methyl sites for hydroxylation is 1. The first-order valence-corrected chi connectivity index (χ1v) is 9.82. The number of nitrogens with zero attached hydrogens (tertiary/aromatic N) is 2. The van der Waals surface area contributed by atoms with Crippen LogP contribution in [0.15, 0.2) is 24.3 Å². The molecule has 0 bridgehead atoms. The van der Waals surface area contributed by atoms with Crippen molar-refractivity contribution in [1.29, 1.82) is 0 Å². The maximum atomic E-state index is 12.5. The van der Waals surface area contributed by atoms with Gasteiger partial charge in [0.1, 0.15) is 11.9 Å². The van der Waals surface area contributed by atoms with Gasteiger partial charge in [-0.05, 0) is 42.9 Å². The number of likely N-dealkylation sites (tertiary alicyclic amines) is 2. The molecule has 2 aliphatic heterocycles. The number of carbonyl (C=O) groups is 2. The number of benzene rings is 1. The molecular weight excluding hydrogens is 328 g/mol. The van der Waals surface area contributed by atoms with Crippen LogP contribution in [0, 0.1) is 12.3 Å². The van der Waals surface area contributed by atoms with Crippen molar-refractivity contribution in [1.82, 2.24) is 9.80 Å². The van der Waals surface area contributed by atoms with Crippen LogP contribution in [-0.2, 0) is 9.59 Å². The van der Waals surface area contributed by atoms with Crippen molar-refractivity contribution in [3.05, 3.63) is 29.8 Å². The Labute approximate surface area is 155 Å². The van der Waals surface area contributed by atoms with Gasteiger partial charge in [0.15, 0.2) is 0 Å². The molecule has 2 heterocycles. The molecule has 0 N–H and O–H groups in total. The van der Waals surface area contributed by atoms with Crippen LogP contribution in [0.5, 0.6) is 5.75 Å². The van der Waals surface area contributed by atoms with Crippen molar-refractivity contribution in [2.45, 2.75) is 51.6 Å². The normalized spacial score (nSPS) is 22.6. The highest BCUT2D eigenvalue weighted by Gasteiger charge is 2.44. The van der Waals surface area contributed by atoms with Gasteiger partial charge in [0, 0.05) is 13.0 Å². The number of hydrogen-bond donors (Lipinski definition) is 0. The topological polar surface area (TPSA) is 49.9 Å². The molecule has 1 aromatic rings. The zero-order valence-corrected chi connectivity index (χ0v) is 15.6. The molecule has 3 aliphatic rings. The summed E-state index contributed by atoms with van der Waals surface area (Å²) in [4.78, 5) is 28.5. The third-order valence-corrected chi connectivity index (χ3v) is 6.14. The molecule has 4 rings (SSSR count). The lowest BCUT2D eigenvalue weighted by Gasteiger charge is -2.40. The van der Waals surface area contributed by atoms with E-state index in [9.17, 15) is 9.59 Å². The van der Waals surface area contributed by atoms with E-state index in [0.29, 0.717) is 19.5 Å². The van der Waals surface area contributed by atoms with Crippen molar-refractivity contribution in [2.24, 2.45) is 5.41 Å². The lowest BCUT2D eigenvalue weighted by atomic mass is 9.73. The van der Waals surface area contributed by atoms with Gasteiger partial charge < -0.3 is 14.5 Å². The summed E-state index contributed by atoms with van der Waals surface area (Å²) in [6, 6.07) is 7.98. The first kappa shape index (κ1) is 17.4. The van der Waals surface area contributed by atoms with Crippen molar-refractivity contribution in [3.63, 3.8) is 0 Å². The Morgan fingerprint density at radius 2 is 2.00 bits per heavy atom. The largest absolute Gasteiger partial charge is 0.487 e. The third kappa shape index (κ3) is 3.57. The maximum Gasteiger partial charge on any atom is 0.242 e. The van der Waals surface area contributed by atoms with Gasteiger partial charge in [-0.3, -0.25) is 9.59 Å². The predicted molar refractivity (Wildman–Crippen MR) is 98.9 cm³/mol. The fourth-order valence-electron chi connectivity index (χ4n) is 4.62. The molecule has 2 amide bonds. The quantitative estimate of drug-likeness (QED) is 0.833. The standard InChI is InChI=1S/C21H28N2O3/c1-16-6-5-7-17(10-16)26-18-12-22(13-18)20(25)14-23-15-21(11-19(23)24)8-3-2-4-9-21/h5-7,10,18H,2-4,8-9,11-15H2,1H3. The second kappa shape index (κ2) is 6.93. The minimum Gasteiger partial charge on any atom is -0.487 e. The van der Waals surface area contributed by atoms with Crippen LogP contribution in [0.2, 0.25) is 0 Å². The molecule has 3 fully saturated rings. The molecule has 0 atom stereocenters. The Balaban J connectivity index is 1.25. The van der Waals surface area contributed by atoms with Crippen molar-refractivity contribution >= 4 is 11.8 Å². The molecular formula is C21H28N2O3. The fourth-order valence-corrected chi connectivity index (χ4v) is 4.62. The van der Waals surface area contributed by atoms with Crippen molar-refractivity contribution in [2.75, 3.05) is 26.2 Å². The monoisotopic (exact) mass is 356 g/mol. The number of ether oxygens (including phenoxy) is 1. The number of amides is 2. The second-order valence-corrected chi connectivity index (χ2v) is 8.34. The van der Waals surface area contributed by atoms with Gasteiger partial charge in [0.25, 0.3) is 0 Å². The van der Waals surface area contributed by atoms with Gasteiger partial charge in [-0.15, -0.1) is 0 Å². The summed E-state index contributed by atoms with van der Waals surface area (Å²) in [5, 5.41) is 0. The third-order valence-electron chi connectivity index (χ3n) is 6.14. The summed E-state index contributed by atoms with van der Waals surface area (Å²) >= 11 is 0. The molecule has 0 unspecified atom stereocenters. The highest BCUT2D eigenvalue weighted by molar-refractivity contribution is 5.87. The van der Waals surface area contributed by atoms with Crippen molar-refractivity contribution in [3.8, 4) is 5.75 Å². The molecule has 140 valence electrons. The highest BCUT2D eigenvalue weighted by Crippen LogP contribution is 2.44. The van der Waals surface area contributed by atoms with Gasteiger partial charge in [-0.25, -0.2) is 0 Å². The lowest BCUT2D eigenvalue weighted by molar-refractivity contribution is -0.144. The van der Waals surface area contributed by atoms with E-state index >= 15 is 0 Å². The number of hydrogen-bond acceptors (Lipinski definition) is 3. The predicted octanol–water partition coefficient (Wildman–Crippen LogP) is 2.77. The van der Waals surface area contributed by atoms with Gasteiger partial charge in [-0.2, -0.15) is 0 Å². The Morgan fingerprint density at radius 1 is 1.23 bits per heavy atom. The minimum absolute atomic E-state index is 0.0512. The first-order chi connectivity index (χ1) is 12.5. The zero-order chi connectivity index (χ0) is 18.1. The average molecular weight is 356 g/mol. The van der Waals surface area contributed by atoms with Crippen LogP contribution in [0.4, 0.5) is 0 Å². The van der Waals surface area contributed by atoms with Gasteiger partial charge in [0.05, 0.1) is 19.6 Å². The summed E-state index contributed by atoms with van der Waals surface area (Å²) < 4.78 is 5.92. The second-order valence-electron chi connectivity index (χ2n) is 8.34. The van der Waals surface area contributed by atoms with E-state index in [1.807, 2.05) is 31.2 Å². The smallest absolute Gasteiger partial charge is 0.242 e. The van der Waals surface area contributed by atoms with Gasteiger partial charge >= 0.3 is 0 Å². The van der Waals surface area contributed by atoms with Crippen LogP contribution in [0.1, 0.15) is 44.1 Å².